The van der Waals surface area contributed by atoms with E-state index in [4.69, 9.17) is 11.6 Å². The lowest BCUT2D eigenvalue weighted by Crippen LogP contribution is -2.17. The quantitative estimate of drug-likeness (QED) is 0.670. The minimum atomic E-state index is 0.724. The Kier molecular flexibility index (Phi) is 4.41. The van der Waals surface area contributed by atoms with Gasteiger partial charge in [-0.05, 0) is 54.8 Å². The molecular weight excluding hydrogens is 282 g/mol. The van der Waals surface area contributed by atoms with Gasteiger partial charge in [0.15, 0.2) is 0 Å². The molecule has 0 aromatic heterocycles. The Bertz CT molecular complexity index is 599. The monoisotopic (exact) mass is 299 g/mol. The molecule has 1 aliphatic heterocycles. The molecule has 1 N–H and O–H groups in total. The molecule has 0 saturated carbocycles. The molecule has 0 unspecified atom stereocenters. The summed E-state index contributed by atoms with van der Waals surface area (Å²) in [5.41, 5.74) is 6.30. The maximum absolute atomic E-state index is 5.84. The molecule has 108 valence electrons. The molecule has 3 nitrogen and oxygen atoms in total. The Morgan fingerprint density at radius 2 is 1.62 bits per heavy atom. The van der Waals surface area contributed by atoms with Gasteiger partial charge >= 0.3 is 0 Å². The highest BCUT2D eigenvalue weighted by Gasteiger charge is 2.11. The molecule has 1 heterocycles. The third-order valence-electron chi connectivity index (χ3n) is 3.62. The molecule has 0 spiro atoms. The van der Waals surface area contributed by atoms with E-state index in [0.29, 0.717) is 0 Å². The summed E-state index contributed by atoms with van der Waals surface area (Å²) in [6, 6.07) is 16.0. The Labute approximate surface area is 130 Å². The average molecular weight is 300 g/mol. The first kappa shape index (κ1) is 14.0. The summed E-state index contributed by atoms with van der Waals surface area (Å²) in [6.07, 6.45) is 4.42. The average Bonchev–Trinajstić information content (AvgIpc) is 3.04. The fraction of sp³-hybridized carbons (Fsp3) is 0.235. The van der Waals surface area contributed by atoms with Crippen molar-refractivity contribution in [1.29, 1.82) is 0 Å². The Morgan fingerprint density at radius 3 is 2.29 bits per heavy atom. The Balaban J connectivity index is 1.59. The molecule has 1 fully saturated rings. The molecule has 0 bridgehead atoms. The van der Waals surface area contributed by atoms with E-state index in [1.807, 2.05) is 30.5 Å². The van der Waals surface area contributed by atoms with E-state index in [9.17, 15) is 0 Å². The van der Waals surface area contributed by atoms with Crippen LogP contribution in [-0.4, -0.2) is 19.3 Å². The van der Waals surface area contributed by atoms with Gasteiger partial charge in [0.2, 0.25) is 0 Å². The highest BCUT2D eigenvalue weighted by Crippen LogP contribution is 2.20. The highest BCUT2D eigenvalue weighted by atomic mass is 35.5. The lowest BCUT2D eigenvalue weighted by atomic mass is 10.2. The summed E-state index contributed by atoms with van der Waals surface area (Å²) >= 11 is 5.84. The third kappa shape index (κ3) is 3.76. The molecule has 3 rings (SSSR count). The minimum absolute atomic E-state index is 0.724. The minimum Gasteiger partial charge on any atom is -0.372 e. The number of halogens is 1. The zero-order valence-electron chi connectivity index (χ0n) is 11.8. The second-order valence-corrected chi connectivity index (χ2v) is 5.60. The number of hydrogen-bond donors (Lipinski definition) is 1. The van der Waals surface area contributed by atoms with Crippen LogP contribution in [0.25, 0.3) is 0 Å². The van der Waals surface area contributed by atoms with Crippen molar-refractivity contribution in [2.24, 2.45) is 5.10 Å². The molecule has 2 aromatic carbocycles. The first-order valence-electron chi connectivity index (χ1n) is 7.21. The van der Waals surface area contributed by atoms with Crippen molar-refractivity contribution in [2.75, 3.05) is 23.4 Å². The van der Waals surface area contributed by atoms with Gasteiger partial charge < -0.3 is 4.90 Å². The van der Waals surface area contributed by atoms with Crippen LogP contribution in [0.15, 0.2) is 53.6 Å². The molecule has 0 amide bonds. The molecule has 0 aliphatic carbocycles. The molecule has 0 atom stereocenters. The number of hydrazone groups is 1. The van der Waals surface area contributed by atoms with Gasteiger partial charge in [-0.15, -0.1) is 0 Å². The standard InChI is InChI=1S/C17H18ClN3/c18-15-5-7-16(8-6-15)20-19-13-14-3-9-17(10-4-14)21-11-1-2-12-21/h3-10,13,20H,1-2,11-12H2. The first-order valence-corrected chi connectivity index (χ1v) is 7.59. The fourth-order valence-corrected chi connectivity index (χ4v) is 2.58. The predicted molar refractivity (Wildman–Crippen MR) is 90.6 cm³/mol. The second-order valence-electron chi connectivity index (χ2n) is 5.16. The van der Waals surface area contributed by atoms with Gasteiger partial charge in [-0.3, -0.25) is 5.43 Å². The van der Waals surface area contributed by atoms with Crippen LogP contribution in [0.4, 0.5) is 11.4 Å². The normalized spacial score (nSPS) is 14.8. The number of benzene rings is 2. The second kappa shape index (κ2) is 6.64. The van der Waals surface area contributed by atoms with E-state index < -0.39 is 0 Å². The van der Waals surface area contributed by atoms with Crippen LogP contribution >= 0.6 is 11.6 Å². The number of rotatable bonds is 4. The van der Waals surface area contributed by atoms with Gasteiger partial charge in [0.05, 0.1) is 11.9 Å². The van der Waals surface area contributed by atoms with Gasteiger partial charge in [0.1, 0.15) is 0 Å². The van der Waals surface area contributed by atoms with E-state index in [-0.39, 0.29) is 0 Å². The number of nitrogens with zero attached hydrogens (tertiary/aromatic N) is 2. The fourth-order valence-electron chi connectivity index (χ4n) is 2.45. The lowest BCUT2D eigenvalue weighted by molar-refractivity contribution is 0.949. The Morgan fingerprint density at radius 1 is 0.952 bits per heavy atom. The van der Waals surface area contributed by atoms with E-state index in [1.165, 1.54) is 31.6 Å². The van der Waals surface area contributed by atoms with Gasteiger partial charge in [-0.2, -0.15) is 5.10 Å². The summed E-state index contributed by atoms with van der Waals surface area (Å²) in [5.74, 6) is 0. The summed E-state index contributed by atoms with van der Waals surface area (Å²) in [4.78, 5) is 2.42. The first-order chi connectivity index (χ1) is 10.3. The zero-order valence-corrected chi connectivity index (χ0v) is 12.6. The van der Waals surface area contributed by atoms with Gasteiger partial charge in [0, 0.05) is 23.8 Å². The third-order valence-corrected chi connectivity index (χ3v) is 3.87. The van der Waals surface area contributed by atoms with Crippen LogP contribution in [0.3, 0.4) is 0 Å². The largest absolute Gasteiger partial charge is 0.372 e. The summed E-state index contributed by atoms with van der Waals surface area (Å²) in [6.45, 7) is 2.34. The van der Waals surface area contributed by atoms with Crippen molar-refractivity contribution >= 4 is 29.2 Å². The van der Waals surface area contributed by atoms with Crippen LogP contribution in [0.1, 0.15) is 18.4 Å². The highest BCUT2D eigenvalue weighted by molar-refractivity contribution is 6.30. The smallest absolute Gasteiger partial charge is 0.0562 e. The van der Waals surface area contributed by atoms with Crippen molar-refractivity contribution in [3.8, 4) is 0 Å². The zero-order chi connectivity index (χ0) is 14.5. The van der Waals surface area contributed by atoms with Crippen LogP contribution in [0.2, 0.25) is 5.02 Å². The van der Waals surface area contributed by atoms with Crippen LogP contribution < -0.4 is 10.3 Å². The van der Waals surface area contributed by atoms with Crippen LogP contribution in [0, 0.1) is 0 Å². The number of nitrogens with one attached hydrogen (secondary N) is 1. The van der Waals surface area contributed by atoms with E-state index in [2.05, 4.69) is 39.7 Å². The molecule has 2 aromatic rings. The van der Waals surface area contributed by atoms with Crippen molar-refractivity contribution in [3.63, 3.8) is 0 Å². The topological polar surface area (TPSA) is 27.6 Å². The van der Waals surface area contributed by atoms with Gasteiger partial charge in [-0.1, -0.05) is 23.7 Å². The van der Waals surface area contributed by atoms with E-state index in [1.54, 1.807) is 0 Å². The van der Waals surface area contributed by atoms with Crippen molar-refractivity contribution in [3.05, 3.63) is 59.1 Å². The van der Waals surface area contributed by atoms with Crippen molar-refractivity contribution in [2.45, 2.75) is 12.8 Å². The molecule has 21 heavy (non-hydrogen) atoms. The molecule has 1 saturated heterocycles. The summed E-state index contributed by atoms with van der Waals surface area (Å²) < 4.78 is 0. The molecule has 0 radical (unpaired) electrons. The predicted octanol–water partition coefficient (Wildman–Crippen LogP) is 4.39. The maximum atomic E-state index is 5.84. The number of hydrogen-bond acceptors (Lipinski definition) is 3. The summed E-state index contributed by atoms with van der Waals surface area (Å²) in [5, 5.41) is 4.96. The van der Waals surface area contributed by atoms with Crippen LogP contribution in [0.5, 0.6) is 0 Å². The van der Waals surface area contributed by atoms with Crippen molar-refractivity contribution < 1.29 is 0 Å². The molecule has 4 heteroatoms. The lowest BCUT2D eigenvalue weighted by Gasteiger charge is -2.17. The van der Waals surface area contributed by atoms with Gasteiger partial charge in [-0.25, -0.2) is 0 Å². The molecular formula is C17H18ClN3. The van der Waals surface area contributed by atoms with Crippen molar-refractivity contribution in [1.82, 2.24) is 0 Å². The maximum Gasteiger partial charge on any atom is 0.0562 e. The Hall–Kier alpha value is -2.00. The van der Waals surface area contributed by atoms with E-state index in [0.717, 1.165) is 16.3 Å². The van der Waals surface area contributed by atoms with E-state index >= 15 is 0 Å². The molecule has 1 aliphatic rings. The van der Waals surface area contributed by atoms with Gasteiger partial charge in [0.25, 0.3) is 0 Å². The van der Waals surface area contributed by atoms with Crippen LogP contribution in [-0.2, 0) is 0 Å². The number of anilines is 2. The summed E-state index contributed by atoms with van der Waals surface area (Å²) in [7, 11) is 0. The SMILES string of the molecule is Clc1ccc(NN=Cc2ccc(N3CCCC3)cc2)cc1.